The third-order valence-electron chi connectivity index (χ3n) is 3.42. The molecule has 2 heterocycles. The minimum atomic E-state index is -0.0700. The SMILES string of the molecule is CCCc1nc(C(=O)N2CCCC(COC)C2)n[nH]1. The Hall–Kier alpha value is -1.43. The number of methoxy groups -OCH3 is 1. The lowest BCUT2D eigenvalue weighted by molar-refractivity contribution is 0.0560. The third kappa shape index (κ3) is 3.53. The highest BCUT2D eigenvalue weighted by molar-refractivity contribution is 5.90. The van der Waals surface area contributed by atoms with Gasteiger partial charge >= 0.3 is 0 Å². The second kappa shape index (κ2) is 6.65. The van der Waals surface area contributed by atoms with Crippen molar-refractivity contribution in [3.63, 3.8) is 0 Å². The first-order valence-electron chi connectivity index (χ1n) is 6.94. The Bertz CT molecular complexity index is 417. The minimum absolute atomic E-state index is 0.0700. The maximum atomic E-state index is 12.3. The summed E-state index contributed by atoms with van der Waals surface area (Å²) in [6.07, 6.45) is 3.95. The molecule has 2 rings (SSSR count). The van der Waals surface area contributed by atoms with Gasteiger partial charge in [0, 0.05) is 26.6 Å². The molecule has 0 bridgehead atoms. The van der Waals surface area contributed by atoms with Gasteiger partial charge in [-0.2, -0.15) is 0 Å². The lowest BCUT2D eigenvalue weighted by Gasteiger charge is -2.31. The number of ether oxygens (including phenoxy) is 1. The van der Waals surface area contributed by atoms with E-state index in [2.05, 4.69) is 22.1 Å². The van der Waals surface area contributed by atoms with Crippen LogP contribution in [0.25, 0.3) is 0 Å². The molecule has 1 atom stereocenters. The highest BCUT2D eigenvalue weighted by Crippen LogP contribution is 2.18. The Balaban J connectivity index is 1.97. The van der Waals surface area contributed by atoms with Gasteiger partial charge in [0.15, 0.2) is 0 Å². The van der Waals surface area contributed by atoms with Gasteiger partial charge < -0.3 is 9.64 Å². The predicted molar refractivity (Wildman–Crippen MR) is 70.9 cm³/mol. The van der Waals surface area contributed by atoms with Crippen LogP contribution < -0.4 is 0 Å². The van der Waals surface area contributed by atoms with Gasteiger partial charge in [-0.05, 0) is 25.2 Å². The van der Waals surface area contributed by atoms with Crippen LogP contribution >= 0.6 is 0 Å². The van der Waals surface area contributed by atoms with Crippen molar-refractivity contribution in [2.75, 3.05) is 26.8 Å². The summed E-state index contributed by atoms with van der Waals surface area (Å²) in [6, 6.07) is 0. The van der Waals surface area contributed by atoms with E-state index in [1.807, 2.05) is 4.90 Å². The van der Waals surface area contributed by atoms with E-state index in [9.17, 15) is 4.79 Å². The number of hydrogen-bond donors (Lipinski definition) is 1. The Labute approximate surface area is 113 Å². The maximum Gasteiger partial charge on any atom is 0.293 e. The quantitative estimate of drug-likeness (QED) is 0.871. The van der Waals surface area contributed by atoms with E-state index in [0.29, 0.717) is 18.3 Å². The molecule has 0 aliphatic carbocycles. The molecular formula is C13H22N4O2. The fourth-order valence-corrected chi connectivity index (χ4v) is 2.50. The van der Waals surface area contributed by atoms with E-state index in [-0.39, 0.29) is 5.91 Å². The van der Waals surface area contributed by atoms with Crippen molar-refractivity contribution in [1.82, 2.24) is 20.1 Å². The van der Waals surface area contributed by atoms with E-state index < -0.39 is 0 Å². The number of aryl methyl sites for hydroxylation is 1. The molecule has 1 saturated heterocycles. The van der Waals surface area contributed by atoms with Crippen molar-refractivity contribution in [3.8, 4) is 0 Å². The molecule has 1 aliphatic heterocycles. The number of carbonyl (C=O) groups excluding carboxylic acids is 1. The number of rotatable bonds is 5. The average Bonchev–Trinajstić information content (AvgIpc) is 2.88. The summed E-state index contributed by atoms with van der Waals surface area (Å²) in [6.45, 7) is 4.31. The second-order valence-electron chi connectivity index (χ2n) is 5.07. The van der Waals surface area contributed by atoms with E-state index in [4.69, 9.17) is 4.74 Å². The molecule has 0 spiro atoms. The molecule has 6 heteroatoms. The Morgan fingerprint density at radius 3 is 3.16 bits per heavy atom. The number of likely N-dealkylation sites (tertiary alicyclic amines) is 1. The van der Waals surface area contributed by atoms with Gasteiger partial charge in [0.05, 0.1) is 6.61 Å². The summed E-state index contributed by atoms with van der Waals surface area (Å²) in [5.74, 6) is 1.44. The first kappa shape index (κ1) is 14.0. The fourth-order valence-electron chi connectivity index (χ4n) is 2.50. The number of aromatic nitrogens is 3. The zero-order chi connectivity index (χ0) is 13.7. The largest absolute Gasteiger partial charge is 0.384 e. The predicted octanol–water partition coefficient (Wildman–Crippen LogP) is 1.26. The number of nitrogens with zero attached hydrogens (tertiary/aromatic N) is 3. The van der Waals surface area contributed by atoms with Crippen molar-refractivity contribution < 1.29 is 9.53 Å². The van der Waals surface area contributed by atoms with Gasteiger partial charge in [-0.15, -0.1) is 5.10 Å². The summed E-state index contributed by atoms with van der Waals surface area (Å²) < 4.78 is 5.18. The molecule has 1 aliphatic rings. The first-order valence-corrected chi connectivity index (χ1v) is 6.94. The van der Waals surface area contributed by atoms with Crippen LogP contribution in [0.4, 0.5) is 0 Å². The van der Waals surface area contributed by atoms with Crippen LogP contribution in [0.5, 0.6) is 0 Å². The summed E-state index contributed by atoms with van der Waals surface area (Å²) in [5, 5.41) is 6.85. The van der Waals surface area contributed by atoms with Crippen molar-refractivity contribution in [3.05, 3.63) is 11.6 Å². The van der Waals surface area contributed by atoms with Gasteiger partial charge in [-0.25, -0.2) is 4.98 Å². The summed E-state index contributed by atoms with van der Waals surface area (Å²) in [7, 11) is 1.70. The summed E-state index contributed by atoms with van der Waals surface area (Å²) >= 11 is 0. The van der Waals surface area contributed by atoms with Crippen LogP contribution in [-0.4, -0.2) is 52.8 Å². The summed E-state index contributed by atoms with van der Waals surface area (Å²) in [5.41, 5.74) is 0. The van der Waals surface area contributed by atoms with Crippen LogP contribution in [0.3, 0.4) is 0 Å². The van der Waals surface area contributed by atoms with Crippen LogP contribution in [0.1, 0.15) is 42.6 Å². The molecule has 1 aromatic heterocycles. The number of H-pyrrole nitrogens is 1. The Kier molecular flexibility index (Phi) is 4.90. The number of hydrogen-bond acceptors (Lipinski definition) is 4. The minimum Gasteiger partial charge on any atom is -0.384 e. The number of aromatic amines is 1. The van der Waals surface area contributed by atoms with Crippen molar-refractivity contribution in [2.45, 2.75) is 32.6 Å². The molecule has 1 amide bonds. The highest BCUT2D eigenvalue weighted by Gasteiger charge is 2.26. The molecule has 6 nitrogen and oxygen atoms in total. The lowest BCUT2D eigenvalue weighted by Crippen LogP contribution is -2.41. The highest BCUT2D eigenvalue weighted by atomic mass is 16.5. The van der Waals surface area contributed by atoms with Gasteiger partial charge in [0.2, 0.25) is 5.82 Å². The second-order valence-corrected chi connectivity index (χ2v) is 5.07. The fraction of sp³-hybridized carbons (Fsp3) is 0.769. The third-order valence-corrected chi connectivity index (χ3v) is 3.42. The number of amides is 1. The normalized spacial score (nSPS) is 19.7. The number of nitrogens with one attached hydrogen (secondary N) is 1. The molecule has 1 aromatic rings. The molecule has 19 heavy (non-hydrogen) atoms. The monoisotopic (exact) mass is 266 g/mol. The molecule has 0 saturated carbocycles. The smallest absolute Gasteiger partial charge is 0.293 e. The molecule has 106 valence electrons. The van der Waals surface area contributed by atoms with Crippen LogP contribution in [-0.2, 0) is 11.2 Å². The number of carbonyl (C=O) groups is 1. The maximum absolute atomic E-state index is 12.3. The van der Waals surface area contributed by atoms with E-state index >= 15 is 0 Å². The molecule has 1 unspecified atom stereocenters. The van der Waals surface area contributed by atoms with Crippen LogP contribution in [0.15, 0.2) is 0 Å². The van der Waals surface area contributed by atoms with E-state index in [1.54, 1.807) is 7.11 Å². The molecular weight excluding hydrogens is 244 g/mol. The van der Waals surface area contributed by atoms with Gasteiger partial charge in [-0.1, -0.05) is 6.92 Å². The lowest BCUT2D eigenvalue weighted by atomic mass is 9.99. The van der Waals surface area contributed by atoms with Crippen molar-refractivity contribution in [1.29, 1.82) is 0 Å². The summed E-state index contributed by atoms with van der Waals surface area (Å²) in [4.78, 5) is 18.4. The van der Waals surface area contributed by atoms with Crippen molar-refractivity contribution >= 4 is 5.91 Å². The average molecular weight is 266 g/mol. The topological polar surface area (TPSA) is 71.1 Å². The first-order chi connectivity index (χ1) is 9.24. The molecule has 1 fully saturated rings. The molecule has 0 radical (unpaired) electrons. The van der Waals surface area contributed by atoms with Gasteiger partial charge in [0.25, 0.3) is 5.91 Å². The van der Waals surface area contributed by atoms with Gasteiger partial charge in [-0.3, -0.25) is 9.89 Å². The zero-order valence-electron chi connectivity index (χ0n) is 11.7. The zero-order valence-corrected chi connectivity index (χ0v) is 11.7. The van der Waals surface area contributed by atoms with E-state index in [1.165, 1.54) is 0 Å². The Morgan fingerprint density at radius 1 is 1.58 bits per heavy atom. The molecule has 1 N–H and O–H groups in total. The van der Waals surface area contributed by atoms with Crippen molar-refractivity contribution in [2.24, 2.45) is 5.92 Å². The Morgan fingerprint density at radius 2 is 2.42 bits per heavy atom. The van der Waals surface area contributed by atoms with Crippen LogP contribution in [0, 0.1) is 5.92 Å². The number of piperidine rings is 1. The van der Waals surface area contributed by atoms with E-state index in [0.717, 1.165) is 44.6 Å². The molecule has 0 aromatic carbocycles. The standard InChI is InChI=1S/C13H22N4O2/c1-3-5-11-14-12(16-15-11)13(18)17-7-4-6-10(8-17)9-19-2/h10H,3-9H2,1-2H3,(H,14,15,16). The van der Waals surface area contributed by atoms with Crippen LogP contribution in [0.2, 0.25) is 0 Å². The van der Waals surface area contributed by atoms with Gasteiger partial charge in [0.1, 0.15) is 5.82 Å².